The molecule has 0 aromatic heterocycles. The van der Waals surface area contributed by atoms with Gasteiger partial charge in [0.1, 0.15) is 6.10 Å². The smallest absolute Gasteiger partial charge is 0.306 e. The average molecular weight is 894 g/mol. The molecule has 0 aliphatic heterocycles. The molecule has 64 heavy (non-hydrogen) atoms. The highest BCUT2D eigenvalue weighted by molar-refractivity contribution is 5.78. The number of hydrogen-bond donors (Lipinski definition) is 3. The minimum Gasteiger partial charge on any atom is -0.458 e. The van der Waals surface area contributed by atoms with Crippen LogP contribution in [0.3, 0.4) is 0 Å². The fraction of sp³-hybridized carbons (Fsp3) is 0.759. The number of nitrogens with one attached hydrogen (secondary N) is 1. The van der Waals surface area contributed by atoms with E-state index in [-0.39, 0.29) is 24.9 Å². The van der Waals surface area contributed by atoms with Crippen LogP contribution >= 0.6 is 0 Å². The summed E-state index contributed by atoms with van der Waals surface area (Å²) >= 11 is 0. The molecule has 6 nitrogen and oxygen atoms in total. The van der Waals surface area contributed by atoms with Gasteiger partial charge in [0.05, 0.1) is 25.2 Å². The Morgan fingerprint density at radius 1 is 0.484 bits per heavy atom. The van der Waals surface area contributed by atoms with Crippen molar-refractivity contribution in [1.82, 2.24) is 5.32 Å². The van der Waals surface area contributed by atoms with Gasteiger partial charge in [0.25, 0.3) is 0 Å². The van der Waals surface area contributed by atoms with Crippen LogP contribution in [-0.4, -0.2) is 46.9 Å². The fourth-order valence-electron chi connectivity index (χ4n) is 7.92. The Morgan fingerprint density at radius 2 is 0.875 bits per heavy atom. The molecule has 0 aromatic rings. The molecule has 0 aliphatic carbocycles. The van der Waals surface area contributed by atoms with Crippen molar-refractivity contribution in [3.63, 3.8) is 0 Å². The summed E-state index contributed by atoms with van der Waals surface area (Å²) in [4.78, 5) is 26.1. The molecular formula is C58H103NO5. The quantitative estimate of drug-likeness (QED) is 0.0321. The monoisotopic (exact) mass is 894 g/mol. The van der Waals surface area contributed by atoms with E-state index in [1.54, 1.807) is 6.08 Å². The highest BCUT2D eigenvalue weighted by Gasteiger charge is 2.23. The Hall–Kier alpha value is -2.70. The first-order chi connectivity index (χ1) is 31.5. The highest BCUT2D eigenvalue weighted by atomic mass is 16.5. The van der Waals surface area contributed by atoms with Crippen LogP contribution in [0.25, 0.3) is 0 Å². The second kappa shape index (κ2) is 51.3. The Balaban J connectivity index is 4.69. The summed E-state index contributed by atoms with van der Waals surface area (Å²) < 4.78 is 5.83. The van der Waals surface area contributed by atoms with E-state index in [9.17, 15) is 19.8 Å². The third-order valence-electron chi connectivity index (χ3n) is 12.0. The van der Waals surface area contributed by atoms with Crippen LogP contribution in [0, 0.1) is 0 Å². The maximum Gasteiger partial charge on any atom is 0.306 e. The number of rotatable bonds is 48. The molecule has 0 radical (unpaired) electrons. The lowest BCUT2D eigenvalue weighted by atomic mass is 10.0. The van der Waals surface area contributed by atoms with Crippen LogP contribution in [0.15, 0.2) is 72.9 Å². The molecular weight excluding hydrogens is 791 g/mol. The van der Waals surface area contributed by atoms with Crippen molar-refractivity contribution in [3.8, 4) is 0 Å². The largest absolute Gasteiger partial charge is 0.458 e. The van der Waals surface area contributed by atoms with Crippen molar-refractivity contribution in [1.29, 1.82) is 0 Å². The minimum absolute atomic E-state index is 0.0505. The van der Waals surface area contributed by atoms with Crippen molar-refractivity contribution in [2.24, 2.45) is 0 Å². The van der Waals surface area contributed by atoms with Gasteiger partial charge >= 0.3 is 5.97 Å². The standard InChI is InChI=1S/C58H103NO5/c1-4-7-10-13-16-19-22-25-28-30-33-36-39-42-45-48-51-58(63)64-54(49-46-43-40-37-34-31-27-24-21-18-15-12-9-6-3)52-57(62)59-55(53-60)56(61)50-47-44-41-38-35-32-29-26-23-20-17-14-11-8-5-2/h9,12,18,21,27-28,30-31,37,40,46,49,54-56,60-61H,4-8,10-11,13-17,19-20,22-26,29,32-36,38-39,41-45,47-48,50-53H2,1-3H3,(H,59,62)/b12-9+,21-18+,30-28+,31-27+,40-37+,49-46+. The van der Waals surface area contributed by atoms with Crippen molar-refractivity contribution in [2.45, 2.75) is 277 Å². The maximum atomic E-state index is 13.2. The summed E-state index contributed by atoms with van der Waals surface area (Å²) in [6.07, 6.45) is 65.7. The summed E-state index contributed by atoms with van der Waals surface area (Å²) in [6.45, 7) is 6.34. The van der Waals surface area contributed by atoms with E-state index >= 15 is 0 Å². The number of aliphatic hydroxyl groups excluding tert-OH is 2. The molecule has 0 saturated carbocycles. The van der Waals surface area contributed by atoms with E-state index in [1.165, 1.54) is 135 Å². The lowest BCUT2D eigenvalue weighted by molar-refractivity contribution is -0.148. The van der Waals surface area contributed by atoms with E-state index in [0.29, 0.717) is 19.3 Å². The third kappa shape index (κ3) is 45.9. The van der Waals surface area contributed by atoms with E-state index in [0.717, 1.165) is 77.0 Å². The molecule has 3 unspecified atom stereocenters. The van der Waals surface area contributed by atoms with Crippen LogP contribution < -0.4 is 5.32 Å². The van der Waals surface area contributed by atoms with Crippen molar-refractivity contribution in [3.05, 3.63) is 72.9 Å². The zero-order valence-electron chi connectivity index (χ0n) is 42.1. The summed E-state index contributed by atoms with van der Waals surface area (Å²) in [5, 5.41) is 23.8. The van der Waals surface area contributed by atoms with E-state index in [4.69, 9.17) is 4.74 Å². The van der Waals surface area contributed by atoms with Gasteiger partial charge in [-0.25, -0.2) is 0 Å². The van der Waals surface area contributed by atoms with Gasteiger partial charge in [-0.3, -0.25) is 9.59 Å². The zero-order valence-corrected chi connectivity index (χ0v) is 42.1. The van der Waals surface area contributed by atoms with Crippen molar-refractivity contribution in [2.75, 3.05) is 6.61 Å². The van der Waals surface area contributed by atoms with Crippen molar-refractivity contribution < 1.29 is 24.5 Å². The van der Waals surface area contributed by atoms with Gasteiger partial charge in [0.2, 0.25) is 5.91 Å². The summed E-state index contributed by atoms with van der Waals surface area (Å²) in [5.74, 6) is -0.636. The molecule has 1 amide bonds. The number of ether oxygens (including phenoxy) is 1. The Bertz CT molecular complexity index is 1190. The van der Waals surface area contributed by atoms with E-state index in [1.807, 2.05) is 6.08 Å². The minimum atomic E-state index is -0.823. The number of aliphatic hydroxyl groups is 2. The molecule has 0 heterocycles. The zero-order chi connectivity index (χ0) is 46.7. The van der Waals surface area contributed by atoms with Gasteiger partial charge in [-0.15, -0.1) is 0 Å². The van der Waals surface area contributed by atoms with Crippen LogP contribution in [-0.2, 0) is 14.3 Å². The molecule has 0 aliphatic rings. The second-order valence-corrected chi connectivity index (χ2v) is 18.2. The lowest BCUT2D eigenvalue weighted by Gasteiger charge is -2.23. The molecule has 6 heteroatoms. The van der Waals surface area contributed by atoms with Gasteiger partial charge in [-0.05, 0) is 76.7 Å². The first kappa shape index (κ1) is 61.3. The van der Waals surface area contributed by atoms with Gasteiger partial charge in [0, 0.05) is 6.42 Å². The molecule has 0 spiro atoms. The van der Waals surface area contributed by atoms with E-state index in [2.05, 4.69) is 86.8 Å². The number of carbonyl (C=O) groups excluding carboxylic acids is 2. The first-order valence-electron chi connectivity index (χ1n) is 27.2. The maximum absolute atomic E-state index is 13.2. The van der Waals surface area contributed by atoms with Gasteiger partial charge in [-0.2, -0.15) is 0 Å². The highest BCUT2D eigenvalue weighted by Crippen LogP contribution is 2.16. The summed E-state index contributed by atoms with van der Waals surface area (Å²) in [5.41, 5.74) is 0. The van der Waals surface area contributed by atoms with Gasteiger partial charge in [0.15, 0.2) is 0 Å². The van der Waals surface area contributed by atoms with Crippen molar-refractivity contribution >= 4 is 11.9 Å². The SMILES string of the molecule is CC/C=C/C/C=C/C/C=C/C/C=C/C/C=C/C(CC(=O)NC(CO)C(O)CCCCCCCCCCCCCCCCC)OC(=O)CCCCCCC/C=C/CCCCCCCCC. The number of allylic oxidation sites excluding steroid dienone is 11. The molecule has 0 bridgehead atoms. The fourth-order valence-corrected chi connectivity index (χ4v) is 7.92. The Kier molecular flexibility index (Phi) is 49.1. The number of unbranched alkanes of at least 4 members (excludes halogenated alkanes) is 26. The molecule has 3 atom stereocenters. The van der Waals surface area contributed by atoms with Crippen LogP contribution in [0.4, 0.5) is 0 Å². The number of esters is 1. The van der Waals surface area contributed by atoms with Gasteiger partial charge < -0.3 is 20.3 Å². The van der Waals surface area contributed by atoms with Crippen LogP contribution in [0.2, 0.25) is 0 Å². The predicted octanol–water partition coefficient (Wildman–Crippen LogP) is 16.6. The van der Waals surface area contributed by atoms with Crippen LogP contribution in [0.5, 0.6) is 0 Å². The normalized spacial score (nSPS) is 13.8. The molecule has 0 fully saturated rings. The molecule has 0 rings (SSSR count). The second-order valence-electron chi connectivity index (χ2n) is 18.2. The Labute approximate surface area is 396 Å². The summed E-state index contributed by atoms with van der Waals surface area (Å²) in [6, 6.07) is -0.746. The molecule has 3 N–H and O–H groups in total. The predicted molar refractivity (Wildman–Crippen MR) is 278 cm³/mol. The number of hydrogen-bond acceptors (Lipinski definition) is 5. The Morgan fingerprint density at radius 3 is 1.31 bits per heavy atom. The molecule has 370 valence electrons. The van der Waals surface area contributed by atoms with Crippen LogP contribution in [0.1, 0.15) is 258 Å². The average Bonchev–Trinajstić information content (AvgIpc) is 3.29. The molecule has 0 saturated heterocycles. The third-order valence-corrected chi connectivity index (χ3v) is 12.0. The van der Waals surface area contributed by atoms with Gasteiger partial charge in [-0.1, -0.05) is 242 Å². The number of amides is 1. The lowest BCUT2D eigenvalue weighted by Crippen LogP contribution is -2.46. The molecule has 0 aromatic carbocycles. The van der Waals surface area contributed by atoms with E-state index < -0.39 is 18.2 Å². The topological polar surface area (TPSA) is 95.9 Å². The first-order valence-corrected chi connectivity index (χ1v) is 27.2. The summed E-state index contributed by atoms with van der Waals surface area (Å²) in [7, 11) is 0. The number of carbonyl (C=O) groups is 2.